The van der Waals surface area contributed by atoms with E-state index in [2.05, 4.69) is 121 Å². The molecule has 0 aliphatic heterocycles. The standard InChI is InChI=1S/C34H20/c1-2-8-21(9-3-1)26-12-6-13-27-28-14-7-15-29-30-18-24-16-22-10-4-5-11-23(22)17-25(24)19-31(30)33(34(28)29)20-32(26)27/h1-20H. The van der Waals surface area contributed by atoms with Crippen molar-refractivity contribution in [3.05, 3.63) is 121 Å². The zero-order valence-electron chi connectivity index (χ0n) is 18.5. The van der Waals surface area contributed by atoms with Gasteiger partial charge in [-0.3, -0.25) is 0 Å². The van der Waals surface area contributed by atoms with Crippen molar-refractivity contribution in [2.24, 2.45) is 0 Å². The van der Waals surface area contributed by atoms with Gasteiger partial charge in [-0.15, -0.1) is 0 Å². The number of hydrogen-bond donors (Lipinski definition) is 0. The van der Waals surface area contributed by atoms with Crippen LogP contribution in [0.15, 0.2) is 121 Å². The van der Waals surface area contributed by atoms with E-state index in [0.717, 1.165) is 0 Å². The third-order valence-corrected chi connectivity index (χ3v) is 7.53. The lowest BCUT2D eigenvalue weighted by Crippen LogP contribution is -1.85. The minimum Gasteiger partial charge on any atom is -0.0622 e. The second kappa shape index (κ2) is 6.56. The van der Waals surface area contributed by atoms with Crippen molar-refractivity contribution in [2.75, 3.05) is 0 Å². The van der Waals surface area contributed by atoms with Crippen molar-refractivity contribution in [3.8, 4) is 33.4 Å². The van der Waals surface area contributed by atoms with Crippen molar-refractivity contribution >= 4 is 43.1 Å². The molecule has 0 atom stereocenters. The zero-order valence-corrected chi connectivity index (χ0v) is 18.5. The van der Waals surface area contributed by atoms with E-state index in [-0.39, 0.29) is 0 Å². The van der Waals surface area contributed by atoms with E-state index >= 15 is 0 Å². The van der Waals surface area contributed by atoms with Crippen LogP contribution in [-0.2, 0) is 0 Å². The molecule has 0 fully saturated rings. The molecule has 8 rings (SSSR count). The number of hydrogen-bond acceptors (Lipinski definition) is 0. The molecule has 7 aromatic rings. The monoisotopic (exact) mass is 428 g/mol. The van der Waals surface area contributed by atoms with Crippen LogP contribution in [-0.4, -0.2) is 0 Å². The summed E-state index contributed by atoms with van der Waals surface area (Å²) in [6, 6.07) is 44.8. The Morgan fingerprint density at radius 3 is 1.65 bits per heavy atom. The Morgan fingerprint density at radius 1 is 0.294 bits per heavy atom. The molecule has 0 heterocycles. The van der Waals surface area contributed by atoms with Gasteiger partial charge in [0.05, 0.1) is 0 Å². The Hall–Kier alpha value is -4.42. The molecule has 7 aromatic carbocycles. The van der Waals surface area contributed by atoms with Gasteiger partial charge in [0.15, 0.2) is 0 Å². The lowest BCUT2D eigenvalue weighted by molar-refractivity contribution is 1.66. The summed E-state index contributed by atoms with van der Waals surface area (Å²) < 4.78 is 0. The average molecular weight is 429 g/mol. The molecule has 1 aliphatic rings. The van der Waals surface area contributed by atoms with Crippen LogP contribution < -0.4 is 0 Å². The van der Waals surface area contributed by atoms with Crippen LogP contribution in [0.5, 0.6) is 0 Å². The first kappa shape index (κ1) is 18.1. The molecular weight excluding hydrogens is 408 g/mol. The van der Waals surface area contributed by atoms with Crippen LogP contribution in [0.4, 0.5) is 0 Å². The highest BCUT2D eigenvalue weighted by molar-refractivity contribution is 6.26. The molecule has 0 bridgehead atoms. The van der Waals surface area contributed by atoms with E-state index in [9.17, 15) is 0 Å². The Labute approximate surface area is 197 Å². The fraction of sp³-hybridized carbons (Fsp3) is 0. The van der Waals surface area contributed by atoms with E-state index in [1.54, 1.807) is 0 Å². The molecule has 0 unspecified atom stereocenters. The summed E-state index contributed by atoms with van der Waals surface area (Å²) in [5.41, 5.74) is 7.95. The Kier molecular flexibility index (Phi) is 3.48. The molecule has 0 aromatic heterocycles. The van der Waals surface area contributed by atoms with E-state index in [1.165, 1.54) is 76.5 Å². The van der Waals surface area contributed by atoms with Crippen LogP contribution in [0.1, 0.15) is 0 Å². The van der Waals surface area contributed by atoms with Crippen molar-refractivity contribution in [2.45, 2.75) is 0 Å². The smallest absolute Gasteiger partial charge is 0.00199 e. The predicted molar refractivity (Wildman–Crippen MR) is 146 cm³/mol. The first-order valence-corrected chi connectivity index (χ1v) is 11.9. The molecule has 0 N–H and O–H groups in total. The largest absolute Gasteiger partial charge is 0.0622 e. The zero-order chi connectivity index (χ0) is 22.2. The van der Waals surface area contributed by atoms with Crippen molar-refractivity contribution < 1.29 is 0 Å². The minimum absolute atomic E-state index is 1.26. The maximum absolute atomic E-state index is 2.43. The Bertz CT molecular complexity index is 1940. The van der Waals surface area contributed by atoms with Crippen LogP contribution in [0.2, 0.25) is 0 Å². The minimum atomic E-state index is 1.26. The van der Waals surface area contributed by atoms with Gasteiger partial charge in [-0.1, -0.05) is 91.0 Å². The summed E-state index contributed by atoms with van der Waals surface area (Å²) in [4.78, 5) is 0. The van der Waals surface area contributed by atoms with Gasteiger partial charge >= 0.3 is 0 Å². The predicted octanol–water partition coefficient (Wildman–Crippen LogP) is 9.61. The first-order valence-electron chi connectivity index (χ1n) is 11.9. The molecule has 1 aliphatic carbocycles. The topological polar surface area (TPSA) is 0 Å². The van der Waals surface area contributed by atoms with Crippen LogP contribution in [0.3, 0.4) is 0 Å². The summed E-state index contributed by atoms with van der Waals surface area (Å²) >= 11 is 0. The fourth-order valence-corrected chi connectivity index (χ4v) is 5.98. The molecule has 0 amide bonds. The summed E-state index contributed by atoms with van der Waals surface area (Å²) in [6.07, 6.45) is 0. The molecule has 156 valence electrons. The van der Waals surface area contributed by atoms with Gasteiger partial charge < -0.3 is 0 Å². The van der Waals surface area contributed by atoms with E-state index in [1.807, 2.05) is 0 Å². The second-order valence-electron chi connectivity index (χ2n) is 9.36. The summed E-state index contributed by atoms with van der Waals surface area (Å²) in [7, 11) is 0. The van der Waals surface area contributed by atoms with Gasteiger partial charge in [0.2, 0.25) is 0 Å². The van der Waals surface area contributed by atoms with Crippen LogP contribution in [0.25, 0.3) is 76.5 Å². The quantitative estimate of drug-likeness (QED) is 0.180. The summed E-state index contributed by atoms with van der Waals surface area (Å²) in [6.45, 7) is 0. The van der Waals surface area contributed by atoms with Gasteiger partial charge in [-0.25, -0.2) is 0 Å². The van der Waals surface area contributed by atoms with Gasteiger partial charge in [0.1, 0.15) is 0 Å². The highest BCUT2D eigenvalue weighted by atomic mass is 14.3. The molecule has 0 saturated carbocycles. The second-order valence-corrected chi connectivity index (χ2v) is 9.36. The molecule has 0 heteroatoms. The molecule has 34 heavy (non-hydrogen) atoms. The van der Waals surface area contributed by atoms with Crippen molar-refractivity contribution in [1.29, 1.82) is 0 Å². The average Bonchev–Trinajstić information content (AvgIpc) is 3.20. The molecular formula is C34H20. The lowest BCUT2D eigenvalue weighted by atomic mass is 9.91. The van der Waals surface area contributed by atoms with E-state index in [4.69, 9.17) is 0 Å². The van der Waals surface area contributed by atoms with E-state index in [0.29, 0.717) is 0 Å². The maximum Gasteiger partial charge on any atom is -0.00199 e. The van der Waals surface area contributed by atoms with Crippen LogP contribution in [0, 0.1) is 0 Å². The summed E-state index contributed by atoms with van der Waals surface area (Å²) in [5.74, 6) is 0. The maximum atomic E-state index is 2.43. The normalized spacial score (nSPS) is 12.1. The van der Waals surface area contributed by atoms with Crippen molar-refractivity contribution in [3.63, 3.8) is 0 Å². The fourth-order valence-electron chi connectivity index (χ4n) is 5.98. The molecule has 0 saturated heterocycles. The number of fused-ring (bicyclic) bond motifs is 7. The van der Waals surface area contributed by atoms with Crippen LogP contribution >= 0.6 is 0 Å². The highest BCUT2D eigenvalue weighted by Gasteiger charge is 2.24. The molecule has 0 nitrogen and oxygen atoms in total. The van der Waals surface area contributed by atoms with Gasteiger partial charge in [0, 0.05) is 0 Å². The SMILES string of the molecule is c1ccc(-c2cccc3c2cc2c4c(cccc43)-c3cc4cc5ccccc5cc4cc3-2)cc1. The first-order chi connectivity index (χ1) is 16.8. The Morgan fingerprint density at radius 2 is 0.912 bits per heavy atom. The lowest BCUT2D eigenvalue weighted by Gasteiger charge is -2.12. The van der Waals surface area contributed by atoms with Gasteiger partial charge in [-0.2, -0.15) is 0 Å². The van der Waals surface area contributed by atoms with Gasteiger partial charge in [0.25, 0.3) is 0 Å². The number of benzene rings is 7. The molecule has 0 spiro atoms. The van der Waals surface area contributed by atoms with Gasteiger partial charge in [-0.05, 0) is 107 Å². The Balaban J connectivity index is 1.50. The molecule has 0 radical (unpaired) electrons. The van der Waals surface area contributed by atoms with Crippen molar-refractivity contribution in [1.82, 2.24) is 0 Å². The number of rotatable bonds is 1. The third-order valence-electron chi connectivity index (χ3n) is 7.53. The third kappa shape index (κ3) is 2.37. The highest BCUT2D eigenvalue weighted by Crippen LogP contribution is 2.51. The van der Waals surface area contributed by atoms with E-state index < -0.39 is 0 Å². The summed E-state index contributed by atoms with van der Waals surface area (Å²) in [5, 5.41) is 10.6.